The van der Waals surface area contributed by atoms with Crippen LogP contribution in [0, 0.1) is 0 Å². The Bertz CT molecular complexity index is 717. The molecule has 1 atom stereocenters. The average Bonchev–Trinajstić information content (AvgIpc) is 3.15. The maximum atomic E-state index is 12.8. The summed E-state index contributed by atoms with van der Waals surface area (Å²) in [6.07, 6.45) is 2.38. The quantitative estimate of drug-likeness (QED) is 0.468. The van der Waals surface area contributed by atoms with E-state index < -0.39 is 0 Å². The normalized spacial score (nSPS) is 15.8. The lowest BCUT2D eigenvalue weighted by Crippen LogP contribution is -2.50. The van der Waals surface area contributed by atoms with Gasteiger partial charge < -0.3 is 9.80 Å². The molecule has 1 saturated heterocycles. The molecule has 1 aliphatic heterocycles. The fourth-order valence-electron chi connectivity index (χ4n) is 2.89. The van der Waals surface area contributed by atoms with Crippen LogP contribution >= 0.6 is 34.9 Å². The summed E-state index contributed by atoms with van der Waals surface area (Å²) in [5.74, 6) is 1.28. The van der Waals surface area contributed by atoms with Crippen LogP contribution in [0.3, 0.4) is 0 Å². The van der Waals surface area contributed by atoms with Crippen LogP contribution in [0.15, 0.2) is 39.0 Å². The molecule has 27 heavy (non-hydrogen) atoms. The van der Waals surface area contributed by atoms with E-state index >= 15 is 0 Å². The number of rotatable bonds is 8. The van der Waals surface area contributed by atoms with Crippen molar-refractivity contribution in [3.8, 4) is 0 Å². The van der Waals surface area contributed by atoms with E-state index in [0.717, 1.165) is 40.6 Å². The van der Waals surface area contributed by atoms with Gasteiger partial charge in [-0.05, 0) is 25.5 Å². The lowest BCUT2D eigenvalue weighted by atomic mass is 10.2. The van der Waals surface area contributed by atoms with E-state index in [4.69, 9.17) is 0 Å². The van der Waals surface area contributed by atoms with Crippen LogP contribution in [0.2, 0.25) is 0 Å². The third-order valence-corrected chi connectivity index (χ3v) is 7.76. The zero-order valence-electron chi connectivity index (χ0n) is 15.8. The second-order valence-electron chi connectivity index (χ2n) is 6.44. The summed E-state index contributed by atoms with van der Waals surface area (Å²) < 4.78 is 1.89. The van der Waals surface area contributed by atoms with Gasteiger partial charge in [-0.25, -0.2) is 0 Å². The average molecular weight is 423 g/mol. The second kappa shape index (κ2) is 10.3. The van der Waals surface area contributed by atoms with Crippen LogP contribution in [0.5, 0.6) is 0 Å². The molecule has 5 nitrogen and oxygen atoms in total. The van der Waals surface area contributed by atoms with Gasteiger partial charge >= 0.3 is 0 Å². The van der Waals surface area contributed by atoms with Gasteiger partial charge in [-0.2, -0.15) is 0 Å². The van der Waals surface area contributed by atoms with Crippen LogP contribution in [-0.4, -0.2) is 58.2 Å². The van der Waals surface area contributed by atoms with Crippen molar-refractivity contribution in [2.75, 3.05) is 36.8 Å². The van der Waals surface area contributed by atoms with Gasteiger partial charge in [0.05, 0.1) is 5.25 Å². The summed E-state index contributed by atoms with van der Waals surface area (Å²) in [4.78, 5) is 17.1. The maximum Gasteiger partial charge on any atom is 0.235 e. The number of carbonyl (C=O) groups excluding carboxylic acids is 1. The van der Waals surface area contributed by atoms with Gasteiger partial charge in [-0.3, -0.25) is 4.79 Å². The predicted molar refractivity (Wildman–Crippen MR) is 116 cm³/mol. The van der Waals surface area contributed by atoms with Gasteiger partial charge in [0.25, 0.3) is 0 Å². The Morgan fingerprint density at radius 3 is 2.56 bits per heavy atom. The summed E-state index contributed by atoms with van der Waals surface area (Å²) in [5.41, 5.74) is 1.23. The molecule has 0 aliphatic carbocycles. The van der Waals surface area contributed by atoms with E-state index in [9.17, 15) is 4.79 Å². The van der Waals surface area contributed by atoms with Crippen molar-refractivity contribution in [2.45, 2.75) is 40.6 Å². The summed E-state index contributed by atoms with van der Waals surface area (Å²) in [6, 6.07) is 10.4. The number of benzene rings is 1. The zero-order chi connectivity index (χ0) is 19.1. The van der Waals surface area contributed by atoms with Gasteiger partial charge in [0.1, 0.15) is 0 Å². The first-order chi connectivity index (χ1) is 13.2. The maximum absolute atomic E-state index is 12.8. The number of carbonyl (C=O) groups is 1. The largest absolute Gasteiger partial charge is 0.368 e. The number of unbranched alkanes of at least 4 members (excludes halogenated alkanes) is 1. The van der Waals surface area contributed by atoms with Crippen LogP contribution in [0.1, 0.15) is 26.7 Å². The Balaban J connectivity index is 1.47. The van der Waals surface area contributed by atoms with Crippen LogP contribution < -0.4 is 4.90 Å². The molecule has 1 fully saturated rings. The predicted octanol–water partition coefficient (Wildman–Crippen LogP) is 4.26. The highest BCUT2D eigenvalue weighted by Gasteiger charge is 2.26. The van der Waals surface area contributed by atoms with Crippen LogP contribution in [0.4, 0.5) is 5.69 Å². The molecule has 2 heterocycles. The monoisotopic (exact) mass is 422 g/mol. The smallest absolute Gasteiger partial charge is 0.235 e. The molecular formula is C19H26N4OS3. The van der Waals surface area contributed by atoms with E-state index in [1.54, 1.807) is 23.1 Å². The Morgan fingerprint density at radius 1 is 1.15 bits per heavy atom. The third-order valence-electron chi connectivity index (χ3n) is 4.45. The summed E-state index contributed by atoms with van der Waals surface area (Å²) in [6.45, 7) is 7.46. The number of para-hydroxylation sites is 1. The SMILES string of the molecule is CCCCSc1nnc(SC(C)C(=O)N2CCN(c3ccccc3)CC2)s1. The highest BCUT2D eigenvalue weighted by molar-refractivity contribution is 8.03. The molecule has 146 valence electrons. The third kappa shape index (κ3) is 5.86. The fourth-order valence-corrected chi connectivity index (χ4v) is 6.29. The molecule has 0 bridgehead atoms. The van der Waals surface area contributed by atoms with Crippen molar-refractivity contribution in [3.63, 3.8) is 0 Å². The number of nitrogens with zero attached hydrogens (tertiary/aromatic N) is 4. The van der Waals surface area contributed by atoms with E-state index in [0.29, 0.717) is 0 Å². The standard InChI is InChI=1S/C19H26N4OS3/c1-3-4-14-25-18-20-21-19(27-18)26-15(2)17(24)23-12-10-22(11-13-23)16-8-6-5-7-9-16/h5-9,15H,3-4,10-14H2,1-2H3. The van der Waals surface area contributed by atoms with E-state index in [1.165, 1.54) is 30.3 Å². The molecule has 0 N–H and O–H groups in total. The zero-order valence-corrected chi connectivity index (χ0v) is 18.3. The number of aromatic nitrogens is 2. The van der Waals surface area contributed by atoms with Gasteiger partial charge in [0.15, 0.2) is 8.68 Å². The first kappa shape index (κ1) is 20.5. The minimum atomic E-state index is -0.130. The second-order valence-corrected chi connectivity index (χ2v) is 10.4. The Morgan fingerprint density at radius 2 is 1.85 bits per heavy atom. The molecular weight excluding hydrogens is 396 g/mol. The summed E-state index contributed by atoms with van der Waals surface area (Å²) >= 11 is 4.89. The molecule has 1 unspecified atom stereocenters. The Kier molecular flexibility index (Phi) is 7.84. The Labute approximate surface area is 173 Å². The molecule has 8 heteroatoms. The summed E-state index contributed by atoms with van der Waals surface area (Å²) in [7, 11) is 0. The number of hydrogen-bond donors (Lipinski definition) is 0. The number of amides is 1. The summed E-state index contributed by atoms with van der Waals surface area (Å²) in [5, 5.41) is 8.35. The van der Waals surface area contributed by atoms with Crippen molar-refractivity contribution in [3.05, 3.63) is 30.3 Å². The van der Waals surface area contributed by atoms with E-state index in [-0.39, 0.29) is 11.2 Å². The lowest BCUT2D eigenvalue weighted by Gasteiger charge is -2.37. The number of hydrogen-bond acceptors (Lipinski definition) is 7. The van der Waals surface area contributed by atoms with Gasteiger partial charge in [0, 0.05) is 37.6 Å². The number of thioether (sulfide) groups is 2. The van der Waals surface area contributed by atoms with Crippen molar-refractivity contribution in [2.24, 2.45) is 0 Å². The molecule has 0 radical (unpaired) electrons. The molecule has 1 aromatic carbocycles. The molecule has 1 aliphatic rings. The minimum absolute atomic E-state index is 0.130. The van der Waals surface area contributed by atoms with Gasteiger partial charge in [-0.15, -0.1) is 10.2 Å². The highest BCUT2D eigenvalue weighted by atomic mass is 32.2. The minimum Gasteiger partial charge on any atom is -0.368 e. The van der Waals surface area contributed by atoms with Crippen molar-refractivity contribution < 1.29 is 4.79 Å². The molecule has 0 saturated carbocycles. The molecule has 3 rings (SSSR count). The molecule has 1 amide bonds. The molecule has 1 aromatic heterocycles. The number of piperazine rings is 1. The van der Waals surface area contributed by atoms with E-state index in [1.807, 2.05) is 17.9 Å². The number of anilines is 1. The lowest BCUT2D eigenvalue weighted by molar-refractivity contribution is -0.130. The first-order valence-electron chi connectivity index (χ1n) is 9.39. The van der Waals surface area contributed by atoms with Gasteiger partial charge in [0.2, 0.25) is 5.91 Å². The van der Waals surface area contributed by atoms with Gasteiger partial charge in [-0.1, -0.05) is 66.4 Å². The van der Waals surface area contributed by atoms with Crippen molar-refractivity contribution in [1.82, 2.24) is 15.1 Å². The van der Waals surface area contributed by atoms with Crippen molar-refractivity contribution >= 4 is 46.5 Å². The topological polar surface area (TPSA) is 49.3 Å². The molecule has 2 aromatic rings. The van der Waals surface area contributed by atoms with Crippen LogP contribution in [-0.2, 0) is 4.79 Å². The fraction of sp³-hybridized carbons (Fsp3) is 0.526. The molecule has 0 spiro atoms. The van der Waals surface area contributed by atoms with Crippen LogP contribution in [0.25, 0.3) is 0 Å². The first-order valence-corrected chi connectivity index (χ1v) is 12.1. The highest BCUT2D eigenvalue weighted by Crippen LogP contribution is 2.32. The Hall–Kier alpha value is -1.25. The van der Waals surface area contributed by atoms with Crippen molar-refractivity contribution in [1.29, 1.82) is 0 Å². The van der Waals surface area contributed by atoms with E-state index in [2.05, 4.69) is 46.3 Å².